The smallest absolute Gasteiger partial charge is 0.323 e. The van der Waals surface area contributed by atoms with E-state index in [2.05, 4.69) is 15.3 Å². The van der Waals surface area contributed by atoms with Gasteiger partial charge in [-0.1, -0.05) is 6.07 Å². The van der Waals surface area contributed by atoms with Gasteiger partial charge in [0.1, 0.15) is 6.04 Å². The number of carbonyl (C=O) groups excluding carboxylic acids is 2. The zero-order valence-electron chi connectivity index (χ0n) is 14.0. The molecule has 1 fully saturated rings. The number of amides is 2. The Morgan fingerprint density at radius 3 is 2.88 bits per heavy atom. The van der Waals surface area contributed by atoms with Crippen molar-refractivity contribution in [2.75, 3.05) is 11.9 Å². The van der Waals surface area contributed by atoms with Crippen molar-refractivity contribution < 1.29 is 9.59 Å². The number of rotatable bonds is 4. The van der Waals surface area contributed by atoms with Gasteiger partial charge in [0, 0.05) is 17.1 Å². The van der Waals surface area contributed by atoms with Crippen LogP contribution in [0.5, 0.6) is 0 Å². The zero-order chi connectivity index (χ0) is 18.1. The zero-order valence-corrected chi connectivity index (χ0v) is 14.8. The molecule has 134 valence electrons. The number of aromatic nitrogens is 2. The van der Waals surface area contributed by atoms with Gasteiger partial charge in [0.05, 0.1) is 17.5 Å². The number of hydrogen-bond donors (Lipinski definition) is 3. The van der Waals surface area contributed by atoms with Gasteiger partial charge < -0.3 is 20.2 Å². The van der Waals surface area contributed by atoms with E-state index in [4.69, 9.17) is 0 Å². The third-order valence-corrected chi connectivity index (χ3v) is 5.44. The monoisotopic (exact) mass is 370 g/mol. The van der Waals surface area contributed by atoms with Crippen molar-refractivity contribution in [1.29, 1.82) is 0 Å². The van der Waals surface area contributed by atoms with E-state index in [9.17, 15) is 14.4 Å². The number of H-pyrrole nitrogens is 2. The third kappa shape index (κ3) is 3.28. The van der Waals surface area contributed by atoms with Gasteiger partial charge in [-0.3, -0.25) is 9.59 Å². The fourth-order valence-corrected chi connectivity index (χ4v) is 4.03. The van der Waals surface area contributed by atoms with Crippen molar-refractivity contribution in [2.24, 2.45) is 0 Å². The number of nitrogens with one attached hydrogen (secondary N) is 3. The van der Waals surface area contributed by atoms with Crippen molar-refractivity contribution in [1.82, 2.24) is 14.9 Å². The van der Waals surface area contributed by atoms with Crippen LogP contribution in [0.3, 0.4) is 0 Å². The van der Waals surface area contributed by atoms with Gasteiger partial charge in [-0.2, -0.15) is 0 Å². The van der Waals surface area contributed by atoms with Crippen LogP contribution in [0.1, 0.15) is 17.7 Å². The van der Waals surface area contributed by atoms with E-state index in [0.717, 1.165) is 11.3 Å². The van der Waals surface area contributed by atoms with Crippen LogP contribution in [0.2, 0.25) is 0 Å². The van der Waals surface area contributed by atoms with Crippen LogP contribution in [-0.2, 0) is 16.0 Å². The molecule has 0 bridgehead atoms. The first-order valence-corrected chi connectivity index (χ1v) is 9.33. The van der Waals surface area contributed by atoms with Crippen molar-refractivity contribution in [2.45, 2.75) is 25.3 Å². The molecule has 1 aliphatic heterocycles. The summed E-state index contributed by atoms with van der Waals surface area (Å²) >= 11 is 1.55. The van der Waals surface area contributed by atoms with E-state index in [1.165, 1.54) is 0 Å². The fraction of sp³-hybridized carbons (Fsp3) is 0.278. The minimum atomic E-state index is -0.455. The highest BCUT2D eigenvalue weighted by Crippen LogP contribution is 2.22. The average Bonchev–Trinajstić information content (AvgIpc) is 3.33. The second-order valence-corrected chi connectivity index (χ2v) is 7.36. The largest absolute Gasteiger partial charge is 0.330 e. The lowest BCUT2D eigenvalue weighted by Crippen LogP contribution is -2.43. The Kier molecular flexibility index (Phi) is 4.34. The Labute approximate surface area is 153 Å². The maximum Gasteiger partial charge on any atom is 0.323 e. The quantitative estimate of drug-likeness (QED) is 0.656. The number of imidazole rings is 1. The summed E-state index contributed by atoms with van der Waals surface area (Å²) in [5.74, 6) is -0.213. The van der Waals surface area contributed by atoms with Gasteiger partial charge in [-0.05, 0) is 42.5 Å². The predicted molar refractivity (Wildman–Crippen MR) is 100 cm³/mol. The van der Waals surface area contributed by atoms with Crippen molar-refractivity contribution in [3.8, 4) is 0 Å². The Balaban J connectivity index is 1.47. The maximum absolute atomic E-state index is 12.7. The average molecular weight is 370 g/mol. The molecule has 4 rings (SSSR count). The highest BCUT2D eigenvalue weighted by atomic mass is 32.1. The van der Waals surface area contributed by atoms with E-state index >= 15 is 0 Å². The number of aromatic amines is 2. The van der Waals surface area contributed by atoms with E-state index in [1.54, 1.807) is 34.4 Å². The summed E-state index contributed by atoms with van der Waals surface area (Å²) in [4.78, 5) is 44.6. The summed E-state index contributed by atoms with van der Waals surface area (Å²) in [6, 6.07) is 8.57. The molecular weight excluding hydrogens is 352 g/mol. The van der Waals surface area contributed by atoms with Crippen molar-refractivity contribution in [3.63, 3.8) is 0 Å². The first kappa shape index (κ1) is 16.6. The summed E-state index contributed by atoms with van der Waals surface area (Å²) < 4.78 is 0. The molecule has 2 amide bonds. The normalized spacial score (nSPS) is 16.9. The Bertz CT molecular complexity index is 1010. The first-order chi connectivity index (χ1) is 12.6. The number of hydrogen-bond acceptors (Lipinski definition) is 4. The second-order valence-electron chi connectivity index (χ2n) is 6.33. The van der Waals surface area contributed by atoms with Gasteiger partial charge in [-0.25, -0.2) is 4.79 Å². The highest BCUT2D eigenvalue weighted by Gasteiger charge is 2.34. The van der Waals surface area contributed by atoms with Crippen molar-refractivity contribution in [3.05, 3.63) is 51.1 Å². The van der Waals surface area contributed by atoms with Crippen LogP contribution in [0.4, 0.5) is 5.69 Å². The van der Waals surface area contributed by atoms with Gasteiger partial charge >= 0.3 is 5.69 Å². The van der Waals surface area contributed by atoms with Gasteiger partial charge in [0.2, 0.25) is 11.8 Å². The first-order valence-electron chi connectivity index (χ1n) is 8.45. The van der Waals surface area contributed by atoms with Crippen LogP contribution >= 0.6 is 11.3 Å². The molecule has 1 aliphatic rings. The molecule has 0 saturated carbocycles. The molecule has 0 unspecified atom stereocenters. The Hall–Kier alpha value is -2.87. The number of likely N-dealkylation sites (tertiary alicyclic amines) is 1. The van der Waals surface area contributed by atoms with Crippen LogP contribution in [0.25, 0.3) is 11.0 Å². The molecule has 26 heavy (non-hydrogen) atoms. The highest BCUT2D eigenvalue weighted by molar-refractivity contribution is 7.10. The Morgan fingerprint density at radius 2 is 2.08 bits per heavy atom. The second kappa shape index (κ2) is 6.80. The number of benzene rings is 1. The van der Waals surface area contributed by atoms with Crippen LogP contribution in [0.15, 0.2) is 40.5 Å². The van der Waals surface area contributed by atoms with Gasteiger partial charge in [-0.15, -0.1) is 11.3 Å². The summed E-state index contributed by atoms with van der Waals surface area (Å²) in [5.41, 5.74) is 1.62. The lowest BCUT2D eigenvalue weighted by atomic mass is 10.2. The fourth-order valence-electron chi connectivity index (χ4n) is 3.34. The molecule has 0 spiro atoms. The SMILES string of the molecule is O=C(Nc1ccc2[nH]c(=O)[nH]c2c1)[C@H]1CCCN1C(=O)Cc1cccs1. The third-order valence-electron chi connectivity index (χ3n) is 4.56. The van der Waals surface area contributed by atoms with Gasteiger partial charge in [0.25, 0.3) is 0 Å². The van der Waals surface area contributed by atoms with Gasteiger partial charge in [0.15, 0.2) is 0 Å². The summed E-state index contributed by atoms with van der Waals surface area (Å²) in [6.07, 6.45) is 1.81. The van der Waals surface area contributed by atoms with E-state index in [-0.39, 0.29) is 17.5 Å². The molecule has 0 aliphatic carbocycles. The summed E-state index contributed by atoms with van der Waals surface area (Å²) in [7, 11) is 0. The van der Waals surface area contributed by atoms with Crippen LogP contribution in [-0.4, -0.2) is 39.3 Å². The molecule has 1 aromatic carbocycles. The minimum Gasteiger partial charge on any atom is -0.330 e. The summed E-state index contributed by atoms with van der Waals surface area (Å²) in [6.45, 7) is 0.604. The van der Waals surface area contributed by atoms with Crippen LogP contribution in [0, 0.1) is 0 Å². The van der Waals surface area contributed by atoms with Crippen molar-refractivity contribution >= 4 is 39.9 Å². The minimum absolute atomic E-state index is 0.0180. The number of nitrogens with zero attached hydrogens (tertiary/aromatic N) is 1. The van der Waals surface area contributed by atoms with E-state index < -0.39 is 6.04 Å². The molecule has 1 saturated heterocycles. The molecule has 2 aromatic heterocycles. The lowest BCUT2D eigenvalue weighted by Gasteiger charge is -2.24. The molecule has 7 nitrogen and oxygen atoms in total. The Morgan fingerprint density at radius 1 is 1.23 bits per heavy atom. The number of anilines is 1. The molecule has 3 aromatic rings. The predicted octanol–water partition coefficient (Wildman–Crippen LogP) is 2.09. The standard InChI is InChI=1S/C18H18N4O3S/c23-16(10-12-3-2-8-26-12)22-7-1-4-15(22)17(24)19-11-5-6-13-14(9-11)21-18(25)20-13/h2-3,5-6,8-9,15H,1,4,7,10H2,(H,19,24)(H2,20,21,25)/t15-/m1/s1. The molecule has 8 heteroatoms. The molecular formula is C18H18N4O3S. The van der Waals surface area contributed by atoms with E-state index in [0.29, 0.717) is 36.1 Å². The summed E-state index contributed by atoms with van der Waals surface area (Å²) in [5, 5.41) is 4.81. The van der Waals surface area contributed by atoms with Crippen LogP contribution < -0.4 is 11.0 Å². The molecule has 3 N–H and O–H groups in total. The molecule has 1 atom stereocenters. The number of carbonyl (C=O) groups is 2. The number of thiophene rings is 1. The van der Waals surface area contributed by atoms with E-state index in [1.807, 2.05) is 17.5 Å². The molecule has 0 radical (unpaired) electrons. The lowest BCUT2D eigenvalue weighted by molar-refractivity contribution is -0.136. The topological polar surface area (TPSA) is 98.1 Å². The molecule has 3 heterocycles. The maximum atomic E-state index is 12.7. The number of fused-ring (bicyclic) bond motifs is 1.